The first-order chi connectivity index (χ1) is 16.4. The van der Waals surface area contributed by atoms with Crippen molar-refractivity contribution in [2.24, 2.45) is 0 Å². The number of imidazole rings is 1. The Hall–Kier alpha value is -4.17. The van der Waals surface area contributed by atoms with Gasteiger partial charge in [-0.1, -0.05) is 0 Å². The van der Waals surface area contributed by atoms with Crippen molar-refractivity contribution in [3.63, 3.8) is 0 Å². The Kier molecular flexibility index (Phi) is 5.30. The number of carbonyl (C=O) groups is 1. The number of Topliss-reactive ketones (excluding diaryl/α,β-unsaturated/α-hetero) is 1. The number of carbonyl (C=O) groups excluding carboxylic acids is 1. The van der Waals surface area contributed by atoms with E-state index in [9.17, 15) is 18.8 Å². The molecule has 4 aromatic rings. The summed E-state index contributed by atoms with van der Waals surface area (Å²) >= 11 is 0. The van der Waals surface area contributed by atoms with Gasteiger partial charge in [0.1, 0.15) is 30.2 Å². The molecule has 11 heteroatoms. The molecule has 0 radical (unpaired) electrons. The summed E-state index contributed by atoms with van der Waals surface area (Å²) in [7, 11) is 0. The number of rotatable bonds is 5. The highest BCUT2D eigenvalue weighted by Crippen LogP contribution is 2.30. The maximum Gasteiger partial charge on any atom is 0.171 e. The Balaban J connectivity index is 1.64. The molecule has 172 valence electrons. The maximum absolute atomic E-state index is 14.7. The lowest BCUT2D eigenvalue weighted by molar-refractivity contribution is 0.101. The van der Waals surface area contributed by atoms with Crippen molar-refractivity contribution >= 4 is 22.5 Å². The highest BCUT2D eigenvalue weighted by Gasteiger charge is 2.27. The molecule has 1 aliphatic rings. The number of fused-ring (bicyclic) bond motifs is 1. The quantitative estimate of drug-likeness (QED) is 0.389. The van der Waals surface area contributed by atoms with Gasteiger partial charge in [0.05, 0.1) is 34.0 Å². The zero-order chi connectivity index (χ0) is 24.0. The van der Waals surface area contributed by atoms with Gasteiger partial charge in [0.25, 0.3) is 0 Å². The number of hydrogen-bond acceptors (Lipinski definition) is 7. The van der Waals surface area contributed by atoms with Gasteiger partial charge in [-0.2, -0.15) is 10.4 Å². The van der Waals surface area contributed by atoms with E-state index in [-0.39, 0.29) is 23.7 Å². The average Bonchev–Trinajstić information content (AvgIpc) is 3.52. The number of anilines is 1. The van der Waals surface area contributed by atoms with E-state index in [2.05, 4.69) is 30.8 Å². The third-order valence-electron chi connectivity index (χ3n) is 5.91. The van der Waals surface area contributed by atoms with E-state index < -0.39 is 18.0 Å². The van der Waals surface area contributed by atoms with Gasteiger partial charge >= 0.3 is 0 Å². The number of nitriles is 1. The van der Waals surface area contributed by atoms with Crippen molar-refractivity contribution in [1.82, 2.24) is 30.0 Å². The standard InChI is InChI=1S/C23H20F2N8O/c1-11-22(18(7-26)32-31-11)23-13(12(2)34)3-4-21(30-23)33-10-28-17-5-14(24)16(6-20(17)33)29-19-9-27-8-15(19)25/h3-6,10,15,19,27,29H,8-9H2,1-2H3,(H,31,32)/t15-,19+/m1/s1. The van der Waals surface area contributed by atoms with Crippen LogP contribution >= 0.6 is 0 Å². The van der Waals surface area contributed by atoms with E-state index in [4.69, 9.17) is 0 Å². The van der Waals surface area contributed by atoms with Gasteiger partial charge in [-0.15, -0.1) is 0 Å². The summed E-state index contributed by atoms with van der Waals surface area (Å²) in [5.41, 5.74) is 2.90. The van der Waals surface area contributed by atoms with Gasteiger partial charge in [0.15, 0.2) is 11.5 Å². The Morgan fingerprint density at radius 1 is 1.32 bits per heavy atom. The second kappa shape index (κ2) is 8.31. The lowest BCUT2D eigenvalue weighted by Gasteiger charge is -2.16. The van der Waals surface area contributed by atoms with Crippen molar-refractivity contribution in [2.45, 2.75) is 26.1 Å². The zero-order valence-electron chi connectivity index (χ0n) is 18.4. The van der Waals surface area contributed by atoms with Crippen LogP contribution in [0.5, 0.6) is 0 Å². The van der Waals surface area contributed by atoms with E-state index in [0.717, 1.165) is 0 Å². The van der Waals surface area contributed by atoms with Crippen molar-refractivity contribution < 1.29 is 13.6 Å². The Labute approximate surface area is 192 Å². The average molecular weight is 462 g/mol. The number of benzene rings is 1. The molecule has 5 rings (SSSR count). The smallest absolute Gasteiger partial charge is 0.171 e. The van der Waals surface area contributed by atoms with Crippen molar-refractivity contribution in [3.8, 4) is 23.1 Å². The monoisotopic (exact) mass is 462 g/mol. The van der Waals surface area contributed by atoms with Gasteiger partial charge in [0, 0.05) is 30.4 Å². The number of halogens is 2. The maximum atomic E-state index is 14.7. The minimum Gasteiger partial charge on any atom is -0.376 e. The fourth-order valence-electron chi connectivity index (χ4n) is 4.17. The fraction of sp³-hybridized carbons (Fsp3) is 0.261. The molecule has 3 aromatic heterocycles. The van der Waals surface area contributed by atoms with E-state index in [1.165, 1.54) is 19.3 Å². The van der Waals surface area contributed by atoms with Gasteiger partial charge in [-0.3, -0.25) is 14.5 Å². The number of ketones is 1. The number of hydrogen-bond donors (Lipinski definition) is 3. The summed E-state index contributed by atoms with van der Waals surface area (Å²) in [4.78, 5) is 21.2. The van der Waals surface area contributed by atoms with Gasteiger partial charge < -0.3 is 10.6 Å². The van der Waals surface area contributed by atoms with E-state index >= 15 is 0 Å². The number of aromatic amines is 1. The predicted molar refractivity (Wildman–Crippen MR) is 121 cm³/mol. The first-order valence-electron chi connectivity index (χ1n) is 10.6. The third-order valence-corrected chi connectivity index (χ3v) is 5.91. The van der Waals surface area contributed by atoms with Crippen LogP contribution in [0.3, 0.4) is 0 Å². The van der Waals surface area contributed by atoms with Gasteiger partial charge in [-0.05, 0) is 32.0 Å². The molecule has 9 nitrogen and oxygen atoms in total. The van der Waals surface area contributed by atoms with Crippen LogP contribution < -0.4 is 10.6 Å². The highest BCUT2D eigenvalue weighted by molar-refractivity contribution is 6.00. The number of nitrogens with zero attached hydrogens (tertiary/aromatic N) is 5. The van der Waals surface area contributed by atoms with Crippen LogP contribution in [0.1, 0.15) is 28.7 Å². The van der Waals surface area contributed by atoms with E-state index in [0.29, 0.717) is 45.9 Å². The summed E-state index contributed by atoms with van der Waals surface area (Å²) in [6.45, 7) is 3.77. The minimum absolute atomic E-state index is 0.125. The zero-order valence-corrected chi connectivity index (χ0v) is 18.4. The summed E-state index contributed by atoms with van der Waals surface area (Å²) < 4.78 is 30.4. The number of nitrogens with one attached hydrogen (secondary N) is 3. The molecule has 34 heavy (non-hydrogen) atoms. The Morgan fingerprint density at radius 2 is 2.15 bits per heavy atom. The first-order valence-corrected chi connectivity index (χ1v) is 10.6. The Bertz CT molecular complexity index is 1470. The molecule has 2 atom stereocenters. The lowest BCUT2D eigenvalue weighted by atomic mass is 10.0. The van der Waals surface area contributed by atoms with Crippen LogP contribution in [-0.2, 0) is 0 Å². The molecule has 0 bridgehead atoms. The van der Waals surface area contributed by atoms with Crippen LogP contribution in [-0.4, -0.2) is 55.8 Å². The third kappa shape index (κ3) is 3.58. The van der Waals surface area contributed by atoms with Crippen LogP contribution in [0.4, 0.5) is 14.5 Å². The molecule has 0 spiro atoms. The molecule has 3 N–H and O–H groups in total. The SMILES string of the molecule is CC(=O)c1ccc(-n2cnc3cc(F)c(N[C@H]4CNC[C@H]4F)cc32)nc1-c1c(C#N)n[nH]c1C. The van der Waals surface area contributed by atoms with E-state index in [1.807, 2.05) is 6.07 Å². The molecule has 0 amide bonds. The molecule has 4 heterocycles. The van der Waals surface area contributed by atoms with Crippen LogP contribution in [0.15, 0.2) is 30.6 Å². The van der Waals surface area contributed by atoms with Gasteiger partial charge in [-0.25, -0.2) is 18.7 Å². The number of aromatic nitrogens is 5. The van der Waals surface area contributed by atoms with Crippen molar-refractivity contribution in [3.05, 3.63) is 53.4 Å². The summed E-state index contributed by atoms with van der Waals surface area (Å²) in [6, 6.07) is 7.59. The Morgan fingerprint density at radius 3 is 2.85 bits per heavy atom. The van der Waals surface area contributed by atoms with Crippen LogP contribution in [0, 0.1) is 24.1 Å². The van der Waals surface area contributed by atoms with Crippen LogP contribution in [0.2, 0.25) is 0 Å². The minimum atomic E-state index is -1.13. The largest absolute Gasteiger partial charge is 0.376 e. The molecule has 1 fully saturated rings. The molecule has 1 aromatic carbocycles. The van der Waals surface area contributed by atoms with Gasteiger partial charge in [0.2, 0.25) is 0 Å². The topological polar surface area (TPSA) is 124 Å². The van der Waals surface area contributed by atoms with Crippen molar-refractivity contribution in [1.29, 1.82) is 5.26 Å². The molecule has 1 saturated heterocycles. The lowest BCUT2D eigenvalue weighted by Crippen LogP contribution is -2.29. The second-order valence-corrected chi connectivity index (χ2v) is 8.17. The number of alkyl halides is 1. The normalized spacial score (nSPS) is 17.7. The highest BCUT2D eigenvalue weighted by atomic mass is 19.1. The first kappa shape index (κ1) is 21.7. The molecule has 0 unspecified atom stereocenters. The number of pyridine rings is 1. The summed E-state index contributed by atoms with van der Waals surface area (Å²) in [6.07, 6.45) is 0.367. The number of H-pyrrole nitrogens is 1. The molecule has 0 saturated carbocycles. The molecular formula is C23H20F2N8O. The number of aryl methyl sites for hydroxylation is 1. The van der Waals surface area contributed by atoms with Crippen molar-refractivity contribution in [2.75, 3.05) is 18.4 Å². The van der Waals surface area contributed by atoms with Crippen LogP contribution in [0.25, 0.3) is 28.1 Å². The van der Waals surface area contributed by atoms with E-state index in [1.54, 1.807) is 29.7 Å². The summed E-state index contributed by atoms with van der Waals surface area (Å²) in [5.74, 6) is -0.339. The molecule has 0 aliphatic carbocycles. The summed E-state index contributed by atoms with van der Waals surface area (Å²) in [5, 5.41) is 22.1. The molecular weight excluding hydrogens is 442 g/mol. The molecule has 1 aliphatic heterocycles. The fourth-order valence-corrected chi connectivity index (χ4v) is 4.17. The second-order valence-electron chi connectivity index (χ2n) is 8.17. The predicted octanol–water partition coefficient (Wildman–Crippen LogP) is 3.05.